The molecule has 0 aliphatic heterocycles. The fraction of sp³-hybridized carbons (Fsp3) is 0.200. The largest absolute Gasteiger partial charge is 0.319 e. The average Bonchev–Trinajstić information content (AvgIpc) is 3.14. The number of aryl methyl sites for hydroxylation is 2. The maximum Gasteiger partial charge on any atom is 0.131 e. The molecule has 0 unspecified atom stereocenters. The number of hydrogen-bond acceptors (Lipinski definition) is 2. The van der Waals surface area contributed by atoms with Gasteiger partial charge < -0.3 is 4.57 Å². The molecule has 0 N–H and O–H groups in total. The van der Waals surface area contributed by atoms with Gasteiger partial charge in [-0.25, -0.2) is 0 Å². The number of hydrogen-bond donors (Lipinski definition) is 0. The molecular weight excluding hydrogens is 535 g/mol. The summed E-state index contributed by atoms with van der Waals surface area (Å²) < 4.78 is 2.20. The molecule has 1 heterocycles. The Bertz CT molecular complexity index is 1090. The molecule has 4 rings (SSSR count). The number of nitrogens with zero attached hydrogens (tertiary/aromatic N) is 3. The first-order chi connectivity index (χ1) is 13.6. The minimum absolute atomic E-state index is 0. The van der Waals surface area contributed by atoms with Crippen molar-refractivity contribution in [1.82, 2.24) is 14.8 Å². The van der Waals surface area contributed by atoms with Crippen molar-refractivity contribution in [3.05, 3.63) is 89.7 Å². The van der Waals surface area contributed by atoms with E-state index in [0.29, 0.717) is 0 Å². The zero-order valence-electron chi connectivity index (χ0n) is 17.1. The van der Waals surface area contributed by atoms with Crippen molar-refractivity contribution in [3.63, 3.8) is 0 Å². The summed E-state index contributed by atoms with van der Waals surface area (Å²) >= 11 is 0. The Morgan fingerprint density at radius 3 is 2.17 bits per heavy atom. The summed E-state index contributed by atoms with van der Waals surface area (Å²) in [6.07, 6.45) is 0. The topological polar surface area (TPSA) is 30.7 Å². The summed E-state index contributed by atoms with van der Waals surface area (Å²) in [7, 11) is 0. The summed E-state index contributed by atoms with van der Waals surface area (Å²) in [6, 6.07) is 26.3. The monoisotopic (exact) mass is 559 g/mol. The van der Waals surface area contributed by atoms with Crippen LogP contribution in [0.2, 0.25) is 0 Å². The summed E-state index contributed by atoms with van der Waals surface area (Å²) in [4.78, 5) is 0. The molecule has 149 valence electrons. The third-order valence-corrected chi connectivity index (χ3v) is 5.02. The van der Waals surface area contributed by atoms with E-state index in [1.165, 1.54) is 16.7 Å². The number of benzene rings is 3. The Morgan fingerprint density at radius 1 is 0.828 bits per heavy atom. The summed E-state index contributed by atoms with van der Waals surface area (Å²) in [6.45, 7) is 8.59. The van der Waals surface area contributed by atoms with Crippen LogP contribution < -0.4 is 0 Å². The summed E-state index contributed by atoms with van der Waals surface area (Å²) in [5, 5.41) is 9.13. The Hall–Kier alpha value is -2.55. The van der Waals surface area contributed by atoms with E-state index in [9.17, 15) is 0 Å². The van der Waals surface area contributed by atoms with Crippen molar-refractivity contribution in [2.75, 3.05) is 0 Å². The van der Waals surface area contributed by atoms with E-state index in [2.05, 4.69) is 103 Å². The van der Waals surface area contributed by atoms with Gasteiger partial charge in [-0.1, -0.05) is 62.4 Å². The summed E-state index contributed by atoms with van der Waals surface area (Å²) in [5.74, 6) is 2.06. The molecule has 1 radical (unpaired) electrons. The van der Waals surface area contributed by atoms with Crippen LogP contribution in [0.4, 0.5) is 0 Å². The number of rotatable bonds is 4. The maximum atomic E-state index is 4.58. The molecule has 0 saturated heterocycles. The molecule has 0 bridgehead atoms. The fourth-order valence-corrected chi connectivity index (χ4v) is 3.63. The van der Waals surface area contributed by atoms with Gasteiger partial charge in [0.1, 0.15) is 5.82 Å². The predicted molar refractivity (Wildman–Crippen MR) is 115 cm³/mol. The second kappa shape index (κ2) is 8.85. The van der Waals surface area contributed by atoms with Gasteiger partial charge in [0.05, 0.1) is 5.82 Å². The Kier molecular flexibility index (Phi) is 6.46. The zero-order valence-corrected chi connectivity index (χ0v) is 19.5. The van der Waals surface area contributed by atoms with E-state index in [1.807, 2.05) is 12.1 Å². The maximum absolute atomic E-state index is 4.58. The molecule has 29 heavy (non-hydrogen) atoms. The standard InChI is InChI=1S/C25H24N3.Ir/c1-17(2)24-26-27-25(28(24)23-18(3)10-8-11-19(23)4)22-15-9-14-21(16-22)20-12-6-5-7-13-20;/h5-14,16-17H,1-4H3;/q-1;. The van der Waals surface area contributed by atoms with Crippen LogP contribution in [-0.2, 0) is 20.1 Å². The molecule has 4 aromatic rings. The molecule has 0 aliphatic carbocycles. The van der Waals surface area contributed by atoms with Gasteiger partial charge in [0, 0.05) is 31.7 Å². The Morgan fingerprint density at radius 2 is 1.52 bits per heavy atom. The van der Waals surface area contributed by atoms with E-state index >= 15 is 0 Å². The van der Waals surface area contributed by atoms with Gasteiger partial charge in [0.2, 0.25) is 0 Å². The molecule has 0 spiro atoms. The van der Waals surface area contributed by atoms with Crippen molar-refractivity contribution in [2.24, 2.45) is 0 Å². The molecule has 1 aromatic heterocycles. The van der Waals surface area contributed by atoms with Crippen LogP contribution in [0.15, 0.2) is 66.7 Å². The minimum Gasteiger partial charge on any atom is -0.319 e. The molecular formula is C25H24IrN3-. The molecule has 0 atom stereocenters. The molecule has 0 amide bonds. The minimum atomic E-state index is 0. The van der Waals surface area contributed by atoms with E-state index < -0.39 is 0 Å². The summed E-state index contributed by atoms with van der Waals surface area (Å²) in [5.41, 5.74) is 6.86. The quantitative estimate of drug-likeness (QED) is 0.282. The molecule has 4 heteroatoms. The first kappa shape index (κ1) is 21.2. The fourth-order valence-electron chi connectivity index (χ4n) is 3.63. The van der Waals surface area contributed by atoms with Gasteiger partial charge in [-0.15, -0.1) is 40.5 Å². The van der Waals surface area contributed by atoms with Crippen molar-refractivity contribution in [3.8, 4) is 28.2 Å². The van der Waals surface area contributed by atoms with Crippen LogP contribution in [0.3, 0.4) is 0 Å². The van der Waals surface area contributed by atoms with Crippen LogP contribution in [0.1, 0.15) is 36.7 Å². The SMILES string of the molecule is Cc1cccc(C)c1-n1c(-c2[c-]ccc(-c3ccccc3)c2)nnc1C(C)C.[Ir]. The van der Waals surface area contributed by atoms with Gasteiger partial charge in [-0.3, -0.25) is 0 Å². The van der Waals surface area contributed by atoms with Crippen LogP contribution >= 0.6 is 0 Å². The number of para-hydroxylation sites is 1. The van der Waals surface area contributed by atoms with Gasteiger partial charge in [-0.2, -0.15) is 5.10 Å². The van der Waals surface area contributed by atoms with Crippen LogP contribution in [0, 0.1) is 19.9 Å². The van der Waals surface area contributed by atoms with Crippen molar-refractivity contribution in [2.45, 2.75) is 33.6 Å². The molecule has 3 aromatic carbocycles. The van der Waals surface area contributed by atoms with E-state index in [1.54, 1.807) is 0 Å². The molecule has 0 fully saturated rings. The van der Waals surface area contributed by atoms with Crippen LogP contribution in [-0.4, -0.2) is 14.8 Å². The van der Waals surface area contributed by atoms with Crippen molar-refractivity contribution >= 4 is 0 Å². The van der Waals surface area contributed by atoms with Crippen molar-refractivity contribution in [1.29, 1.82) is 0 Å². The van der Waals surface area contributed by atoms with Gasteiger partial charge in [0.25, 0.3) is 0 Å². The van der Waals surface area contributed by atoms with Crippen LogP contribution in [0.25, 0.3) is 28.2 Å². The van der Waals surface area contributed by atoms with Crippen LogP contribution in [0.5, 0.6) is 0 Å². The average molecular weight is 559 g/mol. The number of aromatic nitrogens is 3. The first-order valence-electron chi connectivity index (χ1n) is 9.65. The van der Waals surface area contributed by atoms with E-state index in [4.69, 9.17) is 0 Å². The second-order valence-corrected chi connectivity index (χ2v) is 7.47. The van der Waals surface area contributed by atoms with Gasteiger partial charge >= 0.3 is 0 Å². The van der Waals surface area contributed by atoms with E-state index in [-0.39, 0.29) is 26.0 Å². The normalized spacial score (nSPS) is 10.8. The molecule has 3 nitrogen and oxygen atoms in total. The Balaban J connectivity index is 0.00000240. The first-order valence-corrected chi connectivity index (χ1v) is 9.65. The Labute approximate surface area is 186 Å². The third-order valence-electron chi connectivity index (χ3n) is 5.02. The van der Waals surface area contributed by atoms with E-state index in [0.717, 1.165) is 28.5 Å². The third kappa shape index (κ3) is 4.10. The van der Waals surface area contributed by atoms with Gasteiger partial charge in [0.15, 0.2) is 0 Å². The van der Waals surface area contributed by atoms with Crippen molar-refractivity contribution < 1.29 is 20.1 Å². The predicted octanol–water partition coefficient (Wildman–Crippen LogP) is 6.14. The van der Waals surface area contributed by atoms with Gasteiger partial charge in [-0.05, 0) is 30.5 Å². The zero-order chi connectivity index (χ0) is 19.7. The molecule has 0 aliphatic rings. The smallest absolute Gasteiger partial charge is 0.131 e. The molecule has 0 saturated carbocycles. The second-order valence-electron chi connectivity index (χ2n) is 7.47.